The van der Waals surface area contributed by atoms with E-state index in [2.05, 4.69) is 24.0 Å². The summed E-state index contributed by atoms with van der Waals surface area (Å²) < 4.78 is 0. The van der Waals surface area contributed by atoms with Crippen LogP contribution in [0.3, 0.4) is 0 Å². The molecule has 0 radical (unpaired) electrons. The van der Waals surface area contributed by atoms with E-state index in [9.17, 15) is 5.11 Å². The largest absolute Gasteiger partial charge is 0.384 e. The molecule has 23 heavy (non-hydrogen) atoms. The Morgan fingerprint density at radius 3 is 2.35 bits per heavy atom. The first-order chi connectivity index (χ1) is 11.3. The molecule has 2 heteroatoms. The van der Waals surface area contributed by atoms with E-state index in [1.165, 1.54) is 45.2 Å². The van der Waals surface area contributed by atoms with Gasteiger partial charge in [-0.1, -0.05) is 55.5 Å². The predicted molar refractivity (Wildman–Crippen MR) is 94.1 cm³/mol. The van der Waals surface area contributed by atoms with Crippen LogP contribution < -0.4 is 4.90 Å². The average molecular weight is 312 g/mol. The molecule has 2 nitrogen and oxygen atoms in total. The zero-order valence-corrected chi connectivity index (χ0v) is 14.2. The predicted octanol–water partition coefficient (Wildman–Crippen LogP) is 2.53. The van der Waals surface area contributed by atoms with Gasteiger partial charge in [0.2, 0.25) is 0 Å². The van der Waals surface area contributed by atoms with Gasteiger partial charge in [-0.3, -0.25) is 0 Å². The molecule has 2 aliphatic rings. The van der Waals surface area contributed by atoms with E-state index in [1.807, 2.05) is 18.2 Å². The third-order valence-corrected chi connectivity index (χ3v) is 5.69. The van der Waals surface area contributed by atoms with Gasteiger partial charge in [-0.15, -0.1) is 0 Å². The molecule has 1 saturated heterocycles. The molecule has 1 aromatic rings. The second-order valence-corrected chi connectivity index (χ2v) is 7.29. The van der Waals surface area contributed by atoms with Gasteiger partial charge in [0, 0.05) is 19.3 Å². The minimum absolute atomic E-state index is 0.354. The van der Waals surface area contributed by atoms with E-state index in [0.717, 1.165) is 24.9 Å². The molecule has 1 aliphatic heterocycles. The highest BCUT2D eigenvalue weighted by Crippen LogP contribution is 2.41. The Morgan fingerprint density at radius 2 is 1.65 bits per heavy atom. The Labute approximate surface area is 140 Å². The molecule has 2 N–H and O–H groups in total. The van der Waals surface area contributed by atoms with Crippen LogP contribution in [0.4, 0.5) is 0 Å². The first-order valence-electron chi connectivity index (χ1n) is 9.36. The molecule has 3 rings (SSSR count). The number of quaternary nitrogens is 1. The molecule has 0 aromatic heterocycles. The van der Waals surface area contributed by atoms with E-state index < -0.39 is 5.60 Å². The van der Waals surface area contributed by atoms with Gasteiger partial charge in [-0.25, -0.2) is 0 Å². The van der Waals surface area contributed by atoms with Gasteiger partial charge in [0.1, 0.15) is 12.1 Å². The lowest BCUT2D eigenvalue weighted by Gasteiger charge is -2.38. The van der Waals surface area contributed by atoms with E-state index in [4.69, 9.17) is 0 Å². The van der Waals surface area contributed by atoms with Crippen molar-refractivity contribution in [1.29, 1.82) is 0 Å². The number of hydrogen-bond donors (Lipinski definition) is 2. The smallest absolute Gasteiger partial charge is 0.139 e. The number of hydrogen-bond acceptors (Lipinski definition) is 1. The summed E-state index contributed by atoms with van der Waals surface area (Å²) in [5, 5.41) is 11.5. The maximum atomic E-state index is 11.5. The minimum Gasteiger partial charge on any atom is -0.384 e. The summed E-state index contributed by atoms with van der Waals surface area (Å²) >= 11 is 0. The topological polar surface area (TPSA) is 24.7 Å². The van der Waals surface area contributed by atoms with Gasteiger partial charge < -0.3 is 10.0 Å². The summed E-state index contributed by atoms with van der Waals surface area (Å²) in [5.41, 5.74) is 0.282. The minimum atomic E-state index is -0.769. The van der Waals surface area contributed by atoms with Crippen LogP contribution >= 0.6 is 0 Å². The van der Waals surface area contributed by atoms with E-state index in [0.29, 0.717) is 12.3 Å². The summed E-state index contributed by atoms with van der Waals surface area (Å²) in [4.78, 5) is 1.61. The van der Waals surface area contributed by atoms with Crippen LogP contribution in [0.15, 0.2) is 30.3 Å². The Morgan fingerprint density at radius 1 is 0.957 bits per heavy atom. The Balaban J connectivity index is 1.71. The zero-order chi connectivity index (χ0) is 16.0. The fraction of sp³-hybridized carbons (Fsp3) is 0.619. The molecule has 0 bridgehead atoms. The quantitative estimate of drug-likeness (QED) is 0.821. The molecule has 2 fully saturated rings. The fourth-order valence-corrected chi connectivity index (χ4v) is 4.23. The van der Waals surface area contributed by atoms with Crippen LogP contribution in [-0.4, -0.2) is 24.7 Å². The number of rotatable bonds is 4. The lowest BCUT2D eigenvalue weighted by molar-refractivity contribution is -0.879. The van der Waals surface area contributed by atoms with Crippen LogP contribution in [-0.2, 0) is 5.60 Å². The molecular formula is C21H30NO+. The SMILES string of the molecule is OC(CC#CC[NH+]1CCCC1)(c1ccccc1)C1CCCCC1. The number of likely N-dealkylation sites (tertiary alicyclic amines) is 1. The van der Waals surface area contributed by atoms with Crippen molar-refractivity contribution in [3.63, 3.8) is 0 Å². The van der Waals surface area contributed by atoms with Crippen LogP contribution in [0, 0.1) is 17.8 Å². The van der Waals surface area contributed by atoms with Crippen molar-refractivity contribution < 1.29 is 10.0 Å². The second kappa shape index (κ2) is 7.99. The lowest BCUT2D eigenvalue weighted by Crippen LogP contribution is -3.09. The van der Waals surface area contributed by atoms with Crippen molar-refractivity contribution in [3.05, 3.63) is 35.9 Å². The Kier molecular flexibility index (Phi) is 5.75. The third-order valence-electron chi connectivity index (χ3n) is 5.69. The third kappa shape index (κ3) is 4.16. The van der Waals surface area contributed by atoms with Crippen molar-refractivity contribution >= 4 is 0 Å². The van der Waals surface area contributed by atoms with Crippen molar-refractivity contribution in [1.82, 2.24) is 0 Å². The molecule has 1 heterocycles. The fourth-order valence-electron chi connectivity index (χ4n) is 4.23. The van der Waals surface area contributed by atoms with Crippen molar-refractivity contribution in [2.75, 3.05) is 19.6 Å². The summed E-state index contributed by atoms with van der Waals surface area (Å²) in [6.45, 7) is 3.47. The maximum absolute atomic E-state index is 11.5. The highest BCUT2D eigenvalue weighted by molar-refractivity contribution is 5.26. The first kappa shape index (κ1) is 16.6. The van der Waals surface area contributed by atoms with Gasteiger partial charge >= 0.3 is 0 Å². The standard InChI is InChI=1S/C21H29NO/c23-21(19-11-3-1-4-12-19,20-13-5-2-6-14-20)15-7-8-16-22-17-9-10-18-22/h1,3-4,11-12,20,23H,2,5-6,9-10,13-18H2/p+1. The van der Waals surface area contributed by atoms with Crippen LogP contribution in [0.1, 0.15) is 56.9 Å². The van der Waals surface area contributed by atoms with Crippen LogP contribution in [0.5, 0.6) is 0 Å². The summed E-state index contributed by atoms with van der Waals surface area (Å²) in [6.07, 6.45) is 9.31. The second-order valence-electron chi connectivity index (χ2n) is 7.29. The highest BCUT2D eigenvalue weighted by Gasteiger charge is 2.38. The van der Waals surface area contributed by atoms with Gasteiger partial charge in [-0.05, 0) is 30.2 Å². The van der Waals surface area contributed by atoms with Crippen LogP contribution in [0.2, 0.25) is 0 Å². The number of aliphatic hydroxyl groups is 1. The van der Waals surface area contributed by atoms with Crippen LogP contribution in [0.25, 0.3) is 0 Å². The molecule has 1 saturated carbocycles. The van der Waals surface area contributed by atoms with Gasteiger partial charge in [0.25, 0.3) is 0 Å². The van der Waals surface area contributed by atoms with Crippen molar-refractivity contribution in [3.8, 4) is 11.8 Å². The first-order valence-corrected chi connectivity index (χ1v) is 9.36. The zero-order valence-electron chi connectivity index (χ0n) is 14.2. The van der Waals surface area contributed by atoms with Crippen molar-refractivity contribution in [2.45, 2.75) is 57.0 Å². The Bertz CT molecular complexity index is 532. The Hall–Kier alpha value is -1.30. The maximum Gasteiger partial charge on any atom is 0.139 e. The molecule has 1 atom stereocenters. The average Bonchev–Trinajstić information content (AvgIpc) is 3.13. The molecular weight excluding hydrogens is 282 g/mol. The van der Waals surface area contributed by atoms with E-state index >= 15 is 0 Å². The molecule has 1 aliphatic carbocycles. The normalized spacial score (nSPS) is 22.3. The van der Waals surface area contributed by atoms with E-state index in [-0.39, 0.29) is 0 Å². The molecule has 0 amide bonds. The number of benzene rings is 1. The summed E-state index contributed by atoms with van der Waals surface area (Å²) in [5.74, 6) is 7.03. The lowest BCUT2D eigenvalue weighted by atomic mass is 9.72. The van der Waals surface area contributed by atoms with Gasteiger partial charge in [-0.2, -0.15) is 0 Å². The molecule has 1 unspecified atom stereocenters. The molecule has 0 spiro atoms. The monoisotopic (exact) mass is 312 g/mol. The van der Waals surface area contributed by atoms with Crippen molar-refractivity contribution in [2.24, 2.45) is 5.92 Å². The van der Waals surface area contributed by atoms with Gasteiger partial charge in [0.15, 0.2) is 0 Å². The highest BCUT2D eigenvalue weighted by atomic mass is 16.3. The molecule has 1 aromatic carbocycles. The number of nitrogens with one attached hydrogen (secondary N) is 1. The van der Waals surface area contributed by atoms with Gasteiger partial charge in [0.05, 0.1) is 13.1 Å². The summed E-state index contributed by atoms with van der Waals surface area (Å²) in [6, 6.07) is 10.2. The molecule has 124 valence electrons. The van der Waals surface area contributed by atoms with E-state index in [1.54, 1.807) is 4.90 Å². The summed E-state index contributed by atoms with van der Waals surface area (Å²) in [7, 11) is 0.